The van der Waals surface area contributed by atoms with Gasteiger partial charge in [0, 0.05) is 11.8 Å². The molecular formula is C19H30NO2+. The summed E-state index contributed by atoms with van der Waals surface area (Å²) in [6, 6.07) is 7.52. The molecule has 1 aliphatic heterocycles. The molecule has 2 atom stereocenters. The molecule has 0 radical (unpaired) electrons. The SMILES string of the molecule is CC(=O)c1ccccc1OCCCC[NH+]1C[C@@H](C)C[C@H](C)C1. The number of para-hydroxylation sites is 1. The molecule has 0 spiro atoms. The first-order valence-electron chi connectivity index (χ1n) is 8.62. The van der Waals surface area contributed by atoms with E-state index in [9.17, 15) is 4.79 Å². The molecule has 0 saturated carbocycles. The predicted molar refractivity (Wildman–Crippen MR) is 89.7 cm³/mol. The third-order valence-electron chi connectivity index (χ3n) is 4.53. The molecule has 0 aromatic heterocycles. The summed E-state index contributed by atoms with van der Waals surface area (Å²) in [6.45, 7) is 10.9. The van der Waals surface area contributed by atoms with Gasteiger partial charge in [-0.25, -0.2) is 0 Å². The summed E-state index contributed by atoms with van der Waals surface area (Å²) in [5, 5.41) is 0. The number of carbonyl (C=O) groups is 1. The zero-order chi connectivity index (χ0) is 15.9. The lowest BCUT2D eigenvalue weighted by Gasteiger charge is -2.32. The quantitative estimate of drug-likeness (QED) is 0.620. The third kappa shape index (κ3) is 5.13. The predicted octanol–water partition coefficient (Wildman–Crippen LogP) is 2.61. The molecule has 1 aliphatic rings. The minimum Gasteiger partial charge on any atom is -0.493 e. The Morgan fingerprint density at radius 1 is 1.18 bits per heavy atom. The highest BCUT2D eigenvalue weighted by Crippen LogP contribution is 2.18. The van der Waals surface area contributed by atoms with E-state index in [-0.39, 0.29) is 5.78 Å². The summed E-state index contributed by atoms with van der Waals surface area (Å²) in [5.41, 5.74) is 0.687. The lowest BCUT2D eigenvalue weighted by atomic mass is 9.92. The van der Waals surface area contributed by atoms with Crippen LogP contribution in [0.25, 0.3) is 0 Å². The second-order valence-corrected chi connectivity index (χ2v) is 6.96. The number of nitrogens with one attached hydrogen (secondary N) is 1. The molecular weight excluding hydrogens is 274 g/mol. The largest absolute Gasteiger partial charge is 0.493 e. The molecule has 0 aliphatic carbocycles. The molecule has 1 fully saturated rings. The van der Waals surface area contributed by atoms with E-state index in [0.717, 1.165) is 24.0 Å². The Balaban J connectivity index is 1.68. The summed E-state index contributed by atoms with van der Waals surface area (Å²) in [7, 11) is 0. The average molecular weight is 304 g/mol. The van der Waals surface area contributed by atoms with Crippen molar-refractivity contribution in [2.75, 3.05) is 26.2 Å². The van der Waals surface area contributed by atoms with E-state index < -0.39 is 0 Å². The summed E-state index contributed by atoms with van der Waals surface area (Å²) in [4.78, 5) is 13.3. The van der Waals surface area contributed by atoms with Gasteiger partial charge in [0.2, 0.25) is 0 Å². The standard InChI is InChI=1S/C19H29NO2/c1-15-12-16(2)14-20(13-15)10-6-7-11-22-19-9-5-4-8-18(19)17(3)21/h4-5,8-9,15-16H,6-7,10-14H2,1-3H3/p+1/t15-,16-/m0/s1. The van der Waals surface area contributed by atoms with E-state index >= 15 is 0 Å². The molecule has 1 N–H and O–H groups in total. The van der Waals surface area contributed by atoms with Crippen LogP contribution >= 0.6 is 0 Å². The van der Waals surface area contributed by atoms with Crippen LogP contribution in [0.1, 0.15) is 50.4 Å². The first kappa shape index (κ1) is 17.0. The number of piperidine rings is 1. The van der Waals surface area contributed by atoms with E-state index in [0.29, 0.717) is 12.2 Å². The minimum atomic E-state index is 0.0661. The zero-order valence-electron chi connectivity index (χ0n) is 14.2. The van der Waals surface area contributed by atoms with Crippen molar-refractivity contribution in [2.24, 2.45) is 11.8 Å². The summed E-state index contributed by atoms with van der Waals surface area (Å²) < 4.78 is 5.80. The Bertz CT molecular complexity index is 476. The molecule has 3 nitrogen and oxygen atoms in total. The normalized spacial score (nSPS) is 25.0. The number of unbranched alkanes of at least 4 members (excludes halogenated alkanes) is 1. The van der Waals surface area contributed by atoms with Gasteiger partial charge in [0.25, 0.3) is 0 Å². The van der Waals surface area contributed by atoms with E-state index in [1.54, 1.807) is 11.8 Å². The van der Waals surface area contributed by atoms with Crippen molar-refractivity contribution in [3.8, 4) is 5.75 Å². The second kappa shape index (κ2) is 8.33. The molecule has 122 valence electrons. The van der Waals surface area contributed by atoms with Crippen LogP contribution in [0.3, 0.4) is 0 Å². The molecule has 1 heterocycles. The Hall–Kier alpha value is -1.35. The number of Topliss-reactive ketones (excluding diaryl/α,β-unsaturated/α-hetero) is 1. The van der Waals surface area contributed by atoms with Gasteiger partial charge >= 0.3 is 0 Å². The van der Waals surface area contributed by atoms with Gasteiger partial charge in [-0.3, -0.25) is 4.79 Å². The number of rotatable bonds is 7. The van der Waals surface area contributed by atoms with Crippen molar-refractivity contribution >= 4 is 5.78 Å². The fourth-order valence-electron chi connectivity index (χ4n) is 3.67. The number of hydrogen-bond donors (Lipinski definition) is 1. The van der Waals surface area contributed by atoms with Crippen LogP contribution in [0.5, 0.6) is 5.75 Å². The molecule has 3 heteroatoms. The number of quaternary nitrogens is 1. The monoisotopic (exact) mass is 304 g/mol. The lowest BCUT2D eigenvalue weighted by Crippen LogP contribution is -3.14. The smallest absolute Gasteiger partial charge is 0.163 e. The minimum absolute atomic E-state index is 0.0661. The zero-order valence-corrected chi connectivity index (χ0v) is 14.2. The van der Waals surface area contributed by atoms with Crippen LogP contribution in [-0.2, 0) is 0 Å². The lowest BCUT2D eigenvalue weighted by molar-refractivity contribution is -0.912. The van der Waals surface area contributed by atoms with Crippen LogP contribution in [-0.4, -0.2) is 32.0 Å². The maximum absolute atomic E-state index is 11.5. The van der Waals surface area contributed by atoms with Crippen LogP contribution < -0.4 is 9.64 Å². The van der Waals surface area contributed by atoms with Gasteiger partial charge in [-0.15, -0.1) is 0 Å². The fraction of sp³-hybridized carbons (Fsp3) is 0.632. The van der Waals surface area contributed by atoms with Crippen LogP contribution in [0.15, 0.2) is 24.3 Å². The Kier molecular flexibility index (Phi) is 6.44. The highest BCUT2D eigenvalue weighted by molar-refractivity contribution is 5.96. The summed E-state index contributed by atoms with van der Waals surface area (Å²) >= 11 is 0. The number of benzene rings is 1. The van der Waals surface area contributed by atoms with Crippen molar-refractivity contribution < 1.29 is 14.4 Å². The van der Waals surface area contributed by atoms with E-state index in [1.165, 1.54) is 32.5 Å². The average Bonchev–Trinajstić information content (AvgIpc) is 2.46. The van der Waals surface area contributed by atoms with Crippen molar-refractivity contribution in [1.82, 2.24) is 0 Å². The topological polar surface area (TPSA) is 30.7 Å². The summed E-state index contributed by atoms with van der Waals surface area (Å²) in [6.07, 6.45) is 3.63. The number of carbonyl (C=O) groups excluding carboxylic acids is 1. The van der Waals surface area contributed by atoms with E-state index in [2.05, 4.69) is 13.8 Å². The highest BCUT2D eigenvalue weighted by Gasteiger charge is 2.24. The summed E-state index contributed by atoms with van der Waals surface area (Å²) in [5.74, 6) is 2.51. The number of hydrogen-bond acceptors (Lipinski definition) is 2. The first-order chi connectivity index (χ1) is 10.6. The fourth-order valence-corrected chi connectivity index (χ4v) is 3.67. The molecule has 0 amide bonds. The maximum Gasteiger partial charge on any atom is 0.163 e. The van der Waals surface area contributed by atoms with Crippen molar-refractivity contribution in [3.63, 3.8) is 0 Å². The molecule has 1 aromatic rings. The first-order valence-corrected chi connectivity index (χ1v) is 8.62. The number of ether oxygens (including phenoxy) is 1. The van der Waals surface area contributed by atoms with E-state index in [4.69, 9.17) is 4.74 Å². The molecule has 2 rings (SSSR count). The highest BCUT2D eigenvalue weighted by atomic mass is 16.5. The van der Waals surface area contributed by atoms with Gasteiger partial charge < -0.3 is 9.64 Å². The van der Waals surface area contributed by atoms with Gasteiger partial charge in [0.1, 0.15) is 5.75 Å². The van der Waals surface area contributed by atoms with Crippen molar-refractivity contribution in [2.45, 2.75) is 40.0 Å². The van der Waals surface area contributed by atoms with Gasteiger partial charge in [-0.2, -0.15) is 0 Å². The molecule has 1 saturated heterocycles. The van der Waals surface area contributed by atoms with Gasteiger partial charge in [0.05, 0.1) is 31.8 Å². The van der Waals surface area contributed by atoms with Crippen LogP contribution in [0, 0.1) is 11.8 Å². The Morgan fingerprint density at radius 3 is 2.55 bits per heavy atom. The van der Waals surface area contributed by atoms with Crippen molar-refractivity contribution in [3.05, 3.63) is 29.8 Å². The van der Waals surface area contributed by atoms with Gasteiger partial charge in [0.15, 0.2) is 5.78 Å². The Labute approximate surface area is 134 Å². The van der Waals surface area contributed by atoms with Gasteiger partial charge in [-0.1, -0.05) is 26.0 Å². The molecule has 0 bridgehead atoms. The number of likely N-dealkylation sites (tertiary alicyclic amines) is 1. The molecule has 0 unspecified atom stereocenters. The van der Waals surface area contributed by atoms with Crippen LogP contribution in [0.4, 0.5) is 0 Å². The van der Waals surface area contributed by atoms with Crippen LogP contribution in [0.2, 0.25) is 0 Å². The van der Waals surface area contributed by atoms with Crippen molar-refractivity contribution in [1.29, 1.82) is 0 Å². The van der Waals surface area contributed by atoms with E-state index in [1.807, 2.05) is 24.3 Å². The maximum atomic E-state index is 11.5. The second-order valence-electron chi connectivity index (χ2n) is 6.96. The molecule has 1 aromatic carbocycles. The van der Waals surface area contributed by atoms with Gasteiger partial charge in [-0.05, 0) is 38.3 Å². The molecule has 22 heavy (non-hydrogen) atoms. The number of ketones is 1. The third-order valence-corrected chi connectivity index (χ3v) is 4.53. The Morgan fingerprint density at radius 2 is 1.86 bits per heavy atom.